The number of amides is 2. The molecule has 186 valence electrons. The van der Waals surface area contributed by atoms with Crippen molar-refractivity contribution in [2.45, 2.75) is 38.8 Å². The van der Waals surface area contributed by atoms with Crippen LogP contribution < -0.4 is 10.1 Å². The summed E-state index contributed by atoms with van der Waals surface area (Å²) in [5.41, 5.74) is 2.81. The number of carbonyl (C=O) groups is 2. The summed E-state index contributed by atoms with van der Waals surface area (Å²) in [6.45, 7) is 3.64. The summed E-state index contributed by atoms with van der Waals surface area (Å²) >= 11 is 5.75. The van der Waals surface area contributed by atoms with Gasteiger partial charge in [-0.15, -0.1) is 0 Å². The molecule has 0 aromatic heterocycles. The average Bonchev–Trinajstić information content (AvgIpc) is 3.12. The van der Waals surface area contributed by atoms with Gasteiger partial charge in [-0.25, -0.2) is 0 Å². The Balaban J connectivity index is 1.46. The Morgan fingerprint density at radius 1 is 0.944 bits per heavy atom. The fourth-order valence-electron chi connectivity index (χ4n) is 4.19. The van der Waals surface area contributed by atoms with Crippen LogP contribution in [0, 0.1) is 0 Å². The SMILES string of the molecule is CCCOc1ccc(NC(=O)CC2C(=O)N(Cc3ccccc3)C(=S)N2CCc2ccccc2)cc1. The summed E-state index contributed by atoms with van der Waals surface area (Å²) in [7, 11) is 0. The summed E-state index contributed by atoms with van der Waals surface area (Å²) in [6.07, 6.45) is 1.68. The Bertz CT molecular complexity index is 1170. The standard InChI is InChI=1S/C29H31N3O3S/c1-2-19-35-25-15-13-24(14-16-25)30-27(33)20-26-28(34)32(21-23-11-7-4-8-12-23)29(36)31(26)18-17-22-9-5-3-6-10-22/h3-16,26H,2,17-21H2,1H3,(H,30,33). The first-order valence-corrected chi connectivity index (χ1v) is 12.7. The molecular formula is C29H31N3O3S. The first kappa shape index (κ1) is 25.4. The van der Waals surface area contributed by atoms with Crippen molar-refractivity contribution in [1.82, 2.24) is 9.80 Å². The number of hydrogen-bond donors (Lipinski definition) is 1. The Kier molecular flexibility index (Phi) is 8.68. The molecule has 36 heavy (non-hydrogen) atoms. The maximum Gasteiger partial charge on any atom is 0.252 e. The van der Waals surface area contributed by atoms with E-state index >= 15 is 0 Å². The number of nitrogens with one attached hydrogen (secondary N) is 1. The van der Waals surface area contributed by atoms with E-state index in [0.717, 1.165) is 29.7 Å². The van der Waals surface area contributed by atoms with Crippen molar-refractivity contribution in [3.8, 4) is 5.75 Å². The molecule has 6 nitrogen and oxygen atoms in total. The van der Waals surface area contributed by atoms with Crippen LogP contribution >= 0.6 is 12.2 Å². The van der Waals surface area contributed by atoms with Gasteiger partial charge in [0, 0.05) is 12.2 Å². The van der Waals surface area contributed by atoms with Gasteiger partial charge >= 0.3 is 0 Å². The molecule has 3 aromatic rings. The second kappa shape index (κ2) is 12.3. The molecule has 0 bridgehead atoms. The average molecular weight is 502 g/mol. The van der Waals surface area contributed by atoms with E-state index in [9.17, 15) is 9.59 Å². The highest BCUT2D eigenvalue weighted by molar-refractivity contribution is 7.80. The summed E-state index contributed by atoms with van der Waals surface area (Å²) in [6, 6.07) is 26.5. The van der Waals surface area contributed by atoms with Crippen LogP contribution in [-0.4, -0.2) is 45.9 Å². The third-order valence-corrected chi connectivity index (χ3v) is 6.52. The molecule has 0 aliphatic carbocycles. The van der Waals surface area contributed by atoms with Crippen molar-refractivity contribution in [3.63, 3.8) is 0 Å². The van der Waals surface area contributed by atoms with Crippen molar-refractivity contribution in [1.29, 1.82) is 0 Å². The number of ether oxygens (including phenoxy) is 1. The predicted molar refractivity (Wildman–Crippen MR) is 146 cm³/mol. The zero-order valence-electron chi connectivity index (χ0n) is 20.4. The number of nitrogens with zero attached hydrogens (tertiary/aromatic N) is 2. The van der Waals surface area contributed by atoms with Gasteiger partial charge in [0.25, 0.3) is 5.91 Å². The van der Waals surface area contributed by atoms with E-state index in [2.05, 4.69) is 24.4 Å². The number of hydrogen-bond acceptors (Lipinski definition) is 4. The van der Waals surface area contributed by atoms with Crippen molar-refractivity contribution in [2.24, 2.45) is 0 Å². The Morgan fingerprint density at radius 3 is 2.22 bits per heavy atom. The molecule has 7 heteroatoms. The van der Waals surface area contributed by atoms with Gasteiger partial charge in [-0.1, -0.05) is 67.6 Å². The van der Waals surface area contributed by atoms with Crippen LogP contribution in [0.1, 0.15) is 30.9 Å². The van der Waals surface area contributed by atoms with E-state index in [0.29, 0.717) is 30.5 Å². The second-order valence-electron chi connectivity index (χ2n) is 8.76. The number of anilines is 1. The Labute approximate surface area is 217 Å². The van der Waals surface area contributed by atoms with E-state index in [1.807, 2.05) is 65.6 Å². The molecule has 1 atom stereocenters. The lowest BCUT2D eigenvalue weighted by Gasteiger charge is -2.24. The molecule has 0 radical (unpaired) electrons. The zero-order chi connectivity index (χ0) is 25.3. The normalized spacial score (nSPS) is 15.3. The number of carbonyl (C=O) groups excluding carboxylic acids is 2. The number of thiocarbonyl (C=S) groups is 1. The first-order valence-electron chi connectivity index (χ1n) is 12.3. The number of benzene rings is 3. The van der Waals surface area contributed by atoms with Crippen LogP contribution in [0.15, 0.2) is 84.9 Å². The zero-order valence-corrected chi connectivity index (χ0v) is 21.2. The van der Waals surface area contributed by atoms with Crippen molar-refractivity contribution in [2.75, 3.05) is 18.5 Å². The molecular weight excluding hydrogens is 470 g/mol. The van der Waals surface area contributed by atoms with Crippen molar-refractivity contribution < 1.29 is 14.3 Å². The van der Waals surface area contributed by atoms with E-state index in [1.165, 1.54) is 0 Å². The Hall–Kier alpha value is -3.71. The van der Waals surface area contributed by atoms with E-state index in [1.54, 1.807) is 17.0 Å². The summed E-state index contributed by atoms with van der Waals surface area (Å²) in [5, 5.41) is 3.38. The van der Waals surface area contributed by atoms with Crippen LogP contribution in [0.2, 0.25) is 0 Å². The molecule has 4 rings (SSSR count). The maximum absolute atomic E-state index is 13.5. The smallest absolute Gasteiger partial charge is 0.252 e. The molecule has 1 heterocycles. The lowest BCUT2D eigenvalue weighted by molar-refractivity contribution is -0.131. The van der Waals surface area contributed by atoms with Crippen LogP contribution in [0.4, 0.5) is 5.69 Å². The van der Waals surface area contributed by atoms with Gasteiger partial charge < -0.3 is 15.0 Å². The molecule has 1 fully saturated rings. The lowest BCUT2D eigenvalue weighted by Crippen LogP contribution is -2.39. The summed E-state index contributed by atoms with van der Waals surface area (Å²) in [4.78, 5) is 30.0. The highest BCUT2D eigenvalue weighted by Gasteiger charge is 2.43. The third kappa shape index (κ3) is 6.49. The van der Waals surface area contributed by atoms with Gasteiger partial charge in [0.1, 0.15) is 11.8 Å². The first-order chi connectivity index (χ1) is 17.5. The van der Waals surface area contributed by atoms with E-state index < -0.39 is 6.04 Å². The fourth-order valence-corrected chi connectivity index (χ4v) is 4.57. The topological polar surface area (TPSA) is 61.9 Å². The largest absolute Gasteiger partial charge is 0.494 e. The molecule has 1 unspecified atom stereocenters. The Morgan fingerprint density at radius 2 is 1.58 bits per heavy atom. The predicted octanol–water partition coefficient (Wildman–Crippen LogP) is 5.04. The number of rotatable bonds is 11. The van der Waals surface area contributed by atoms with Gasteiger partial charge in [-0.2, -0.15) is 0 Å². The highest BCUT2D eigenvalue weighted by Crippen LogP contribution is 2.24. The molecule has 0 saturated carbocycles. The van der Waals surface area contributed by atoms with Gasteiger partial charge in [0.15, 0.2) is 5.11 Å². The minimum Gasteiger partial charge on any atom is -0.494 e. The second-order valence-corrected chi connectivity index (χ2v) is 9.13. The molecule has 0 spiro atoms. The molecule has 1 N–H and O–H groups in total. The van der Waals surface area contributed by atoms with Gasteiger partial charge in [0.2, 0.25) is 5.91 Å². The minimum atomic E-state index is -0.642. The maximum atomic E-state index is 13.5. The van der Waals surface area contributed by atoms with Crippen LogP contribution in [0.25, 0.3) is 0 Å². The molecule has 3 aromatic carbocycles. The van der Waals surface area contributed by atoms with Crippen LogP contribution in [0.3, 0.4) is 0 Å². The lowest BCUT2D eigenvalue weighted by atomic mass is 10.1. The van der Waals surface area contributed by atoms with Crippen molar-refractivity contribution >= 4 is 34.8 Å². The third-order valence-electron chi connectivity index (χ3n) is 6.06. The highest BCUT2D eigenvalue weighted by atomic mass is 32.1. The van der Waals surface area contributed by atoms with E-state index in [4.69, 9.17) is 17.0 Å². The fraction of sp³-hybridized carbons (Fsp3) is 0.276. The summed E-state index contributed by atoms with van der Waals surface area (Å²) < 4.78 is 5.60. The van der Waals surface area contributed by atoms with Crippen molar-refractivity contribution in [3.05, 3.63) is 96.1 Å². The van der Waals surface area contributed by atoms with Gasteiger partial charge in [-0.05, 0) is 60.5 Å². The van der Waals surface area contributed by atoms with Gasteiger partial charge in [-0.3, -0.25) is 14.5 Å². The molecule has 1 aliphatic heterocycles. The minimum absolute atomic E-state index is 0.0210. The molecule has 1 aliphatic rings. The van der Waals surface area contributed by atoms with Crippen LogP contribution in [0.5, 0.6) is 5.75 Å². The quantitative estimate of drug-likeness (QED) is 0.373. The van der Waals surface area contributed by atoms with Crippen LogP contribution in [-0.2, 0) is 22.6 Å². The summed E-state index contributed by atoms with van der Waals surface area (Å²) in [5.74, 6) is 0.384. The molecule has 2 amide bonds. The van der Waals surface area contributed by atoms with Gasteiger partial charge in [0.05, 0.1) is 19.6 Å². The van der Waals surface area contributed by atoms with E-state index in [-0.39, 0.29) is 18.2 Å². The molecule has 1 saturated heterocycles. The monoisotopic (exact) mass is 501 g/mol.